The van der Waals surface area contributed by atoms with Crippen LogP contribution in [0.15, 0.2) is 55.1 Å². The van der Waals surface area contributed by atoms with Gasteiger partial charge in [-0.1, -0.05) is 0 Å². The number of benzene rings is 1. The Labute approximate surface area is 165 Å². The molecule has 142 valence electrons. The topological polar surface area (TPSA) is 87.2 Å². The third-order valence-corrected chi connectivity index (χ3v) is 4.87. The van der Waals surface area contributed by atoms with Gasteiger partial charge in [0.2, 0.25) is 0 Å². The molecule has 0 aliphatic heterocycles. The molecule has 4 aromatic heterocycles. The molecular weight excluding hydrogens is 368 g/mol. The van der Waals surface area contributed by atoms with Crippen LogP contribution < -0.4 is 4.74 Å². The van der Waals surface area contributed by atoms with Crippen molar-refractivity contribution in [3.8, 4) is 22.7 Å². The summed E-state index contributed by atoms with van der Waals surface area (Å²) in [5, 5.41) is 9.96. The number of aryl methyl sites for hydroxylation is 1. The number of hydrogen-bond acceptors (Lipinski definition) is 6. The Hall–Kier alpha value is -4.07. The average Bonchev–Trinajstić information content (AvgIpc) is 3.34. The van der Waals surface area contributed by atoms with Gasteiger partial charge in [-0.3, -0.25) is 9.78 Å². The van der Waals surface area contributed by atoms with Crippen molar-refractivity contribution in [2.75, 3.05) is 7.11 Å². The highest BCUT2D eigenvalue weighted by Gasteiger charge is 2.16. The lowest BCUT2D eigenvalue weighted by atomic mass is 10.1. The quantitative estimate of drug-likeness (QED) is 0.442. The number of rotatable bonds is 4. The Morgan fingerprint density at radius 1 is 1.14 bits per heavy atom. The molecule has 0 fully saturated rings. The van der Waals surface area contributed by atoms with Gasteiger partial charge < -0.3 is 4.74 Å². The van der Waals surface area contributed by atoms with Gasteiger partial charge in [-0.2, -0.15) is 10.2 Å². The summed E-state index contributed by atoms with van der Waals surface area (Å²) in [7, 11) is 1.57. The van der Waals surface area contributed by atoms with Crippen molar-refractivity contribution in [2.24, 2.45) is 0 Å². The molecule has 0 spiro atoms. The molecular formula is C21H16N6O2. The summed E-state index contributed by atoms with van der Waals surface area (Å²) >= 11 is 0. The molecule has 5 aromatic rings. The Morgan fingerprint density at radius 2 is 2.03 bits per heavy atom. The number of methoxy groups -OCH3 is 1. The minimum atomic E-state index is 0.540. The van der Waals surface area contributed by atoms with E-state index in [1.807, 2.05) is 42.2 Å². The number of nitrogens with zero attached hydrogens (tertiary/aromatic N) is 6. The smallest absolute Gasteiger partial charge is 0.164 e. The minimum absolute atomic E-state index is 0.540. The van der Waals surface area contributed by atoms with Gasteiger partial charge in [-0.05, 0) is 37.3 Å². The zero-order valence-corrected chi connectivity index (χ0v) is 15.8. The Bertz CT molecular complexity index is 1380. The van der Waals surface area contributed by atoms with E-state index in [1.165, 1.54) is 0 Å². The molecule has 0 radical (unpaired) electrons. The van der Waals surface area contributed by atoms with E-state index in [2.05, 4.69) is 20.2 Å². The van der Waals surface area contributed by atoms with Crippen LogP contribution in [-0.4, -0.2) is 42.8 Å². The predicted octanol–water partition coefficient (Wildman–Crippen LogP) is 3.26. The summed E-state index contributed by atoms with van der Waals surface area (Å²) in [6.07, 6.45) is 7.93. The lowest BCUT2D eigenvalue weighted by Crippen LogP contribution is -2.01. The van der Waals surface area contributed by atoms with Crippen molar-refractivity contribution < 1.29 is 9.53 Å². The van der Waals surface area contributed by atoms with E-state index in [9.17, 15) is 4.79 Å². The maximum absolute atomic E-state index is 11.1. The third kappa shape index (κ3) is 2.65. The van der Waals surface area contributed by atoms with Gasteiger partial charge in [0.1, 0.15) is 17.7 Å². The molecule has 1 aromatic carbocycles. The molecule has 0 aliphatic rings. The van der Waals surface area contributed by atoms with Crippen LogP contribution in [0.3, 0.4) is 0 Å². The zero-order valence-electron chi connectivity index (χ0n) is 15.8. The normalized spacial score (nSPS) is 11.2. The molecule has 5 rings (SSSR count). The first-order valence-corrected chi connectivity index (χ1v) is 8.97. The van der Waals surface area contributed by atoms with Gasteiger partial charge >= 0.3 is 0 Å². The molecule has 0 saturated heterocycles. The summed E-state index contributed by atoms with van der Waals surface area (Å²) in [6, 6.07) is 9.06. The number of fused-ring (bicyclic) bond motifs is 2. The summed E-state index contributed by atoms with van der Waals surface area (Å²) in [4.78, 5) is 20.1. The molecule has 0 saturated carbocycles. The van der Waals surface area contributed by atoms with Gasteiger partial charge in [0, 0.05) is 29.5 Å². The van der Waals surface area contributed by atoms with Crippen LogP contribution in [0, 0.1) is 6.92 Å². The van der Waals surface area contributed by atoms with Crippen molar-refractivity contribution in [3.05, 3.63) is 66.4 Å². The molecule has 0 amide bonds. The highest BCUT2D eigenvalue weighted by molar-refractivity contribution is 5.88. The Kier molecular flexibility index (Phi) is 3.83. The fourth-order valence-electron chi connectivity index (χ4n) is 3.44. The molecule has 0 N–H and O–H groups in total. The lowest BCUT2D eigenvalue weighted by molar-refractivity contribution is 0.112. The van der Waals surface area contributed by atoms with Gasteiger partial charge in [-0.25, -0.2) is 14.2 Å². The number of aromatic nitrogens is 6. The molecule has 0 atom stereocenters. The summed E-state index contributed by atoms with van der Waals surface area (Å²) < 4.78 is 9.02. The Balaban J connectivity index is 1.74. The molecule has 4 heterocycles. The van der Waals surface area contributed by atoms with Crippen molar-refractivity contribution in [3.63, 3.8) is 0 Å². The fraction of sp³-hybridized carbons (Fsp3) is 0.0952. The van der Waals surface area contributed by atoms with Crippen molar-refractivity contribution in [1.82, 2.24) is 29.4 Å². The van der Waals surface area contributed by atoms with E-state index in [1.54, 1.807) is 36.2 Å². The monoisotopic (exact) mass is 384 g/mol. The van der Waals surface area contributed by atoms with Crippen LogP contribution in [-0.2, 0) is 0 Å². The van der Waals surface area contributed by atoms with Crippen molar-refractivity contribution in [2.45, 2.75) is 6.92 Å². The van der Waals surface area contributed by atoms with E-state index < -0.39 is 0 Å². The first kappa shape index (κ1) is 17.1. The molecule has 29 heavy (non-hydrogen) atoms. The minimum Gasteiger partial charge on any atom is -0.494 e. The standard InChI is InChI=1S/C21H16N6O2/c1-13-15-10-23-17(16-11-24-26-7-3-6-22-21(16)26)9-19(15)27(25-13)18-5-4-14(12-28)8-20(18)29-2/h3-12H,1-2H3. The van der Waals surface area contributed by atoms with Crippen molar-refractivity contribution in [1.29, 1.82) is 0 Å². The number of hydrogen-bond donors (Lipinski definition) is 0. The fourth-order valence-corrected chi connectivity index (χ4v) is 3.44. The van der Waals surface area contributed by atoms with E-state index in [-0.39, 0.29) is 0 Å². The Morgan fingerprint density at radius 3 is 2.86 bits per heavy atom. The van der Waals surface area contributed by atoms with E-state index >= 15 is 0 Å². The van der Waals surface area contributed by atoms with E-state index in [0.717, 1.165) is 45.5 Å². The number of carbonyl (C=O) groups excluding carboxylic acids is 1. The second-order valence-corrected chi connectivity index (χ2v) is 6.58. The van der Waals surface area contributed by atoms with E-state index in [0.29, 0.717) is 11.3 Å². The first-order valence-electron chi connectivity index (χ1n) is 8.97. The van der Waals surface area contributed by atoms with Crippen LogP contribution in [0.2, 0.25) is 0 Å². The van der Waals surface area contributed by atoms with Gasteiger partial charge in [0.15, 0.2) is 5.65 Å². The molecule has 8 heteroatoms. The second-order valence-electron chi connectivity index (χ2n) is 6.58. The highest BCUT2D eigenvalue weighted by Crippen LogP contribution is 2.31. The highest BCUT2D eigenvalue weighted by atomic mass is 16.5. The van der Waals surface area contributed by atoms with Gasteiger partial charge in [0.25, 0.3) is 0 Å². The van der Waals surface area contributed by atoms with Crippen LogP contribution in [0.4, 0.5) is 0 Å². The van der Waals surface area contributed by atoms with E-state index in [4.69, 9.17) is 4.74 Å². The molecule has 0 aliphatic carbocycles. The van der Waals surface area contributed by atoms with Crippen LogP contribution in [0.1, 0.15) is 16.1 Å². The SMILES string of the molecule is COc1cc(C=O)ccc1-n1nc(C)c2cnc(-c3cnn4cccnc34)cc21. The number of ether oxygens (including phenoxy) is 1. The van der Waals surface area contributed by atoms with Gasteiger partial charge in [0.05, 0.1) is 35.8 Å². The second kappa shape index (κ2) is 6.52. The van der Waals surface area contributed by atoms with Crippen molar-refractivity contribution >= 4 is 22.8 Å². The van der Waals surface area contributed by atoms with Gasteiger partial charge in [-0.15, -0.1) is 0 Å². The lowest BCUT2D eigenvalue weighted by Gasteiger charge is -2.10. The van der Waals surface area contributed by atoms with Crippen LogP contribution >= 0.6 is 0 Å². The molecule has 0 unspecified atom stereocenters. The van der Waals surface area contributed by atoms with Crippen LogP contribution in [0.5, 0.6) is 5.75 Å². The summed E-state index contributed by atoms with van der Waals surface area (Å²) in [5.41, 5.74) is 5.32. The number of aldehydes is 1. The number of carbonyl (C=O) groups is 1. The third-order valence-electron chi connectivity index (χ3n) is 4.87. The van der Waals surface area contributed by atoms with Crippen LogP contribution in [0.25, 0.3) is 33.5 Å². The molecule has 0 bridgehead atoms. The molecule has 8 nitrogen and oxygen atoms in total. The first-order chi connectivity index (χ1) is 14.2. The maximum atomic E-state index is 11.1. The maximum Gasteiger partial charge on any atom is 0.164 e. The summed E-state index contributed by atoms with van der Waals surface area (Å²) in [6.45, 7) is 1.93. The number of pyridine rings is 1. The zero-order chi connectivity index (χ0) is 20.0. The summed E-state index contributed by atoms with van der Waals surface area (Å²) in [5.74, 6) is 0.565. The predicted molar refractivity (Wildman–Crippen MR) is 108 cm³/mol. The largest absolute Gasteiger partial charge is 0.494 e. The average molecular weight is 384 g/mol.